The molecule has 1 aromatic heterocycles. The number of nitrogens with one attached hydrogen (secondary N) is 1. The molecule has 1 N–H and O–H groups in total. The second-order valence-corrected chi connectivity index (χ2v) is 4.59. The highest BCUT2D eigenvalue weighted by Crippen LogP contribution is 2.33. The SMILES string of the molecule is Cn1cc(C(=O)Nc2ccccc2Cl)c(C(F)(F)F)c1. The Morgan fingerprint density at radius 1 is 1.25 bits per heavy atom. The molecule has 1 heterocycles. The van der Waals surface area contributed by atoms with E-state index in [2.05, 4.69) is 5.32 Å². The number of halogens is 4. The van der Waals surface area contributed by atoms with Crippen molar-refractivity contribution in [1.82, 2.24) is 4.57 Å². The predicted octanol–water partition coefficient (Wildman–Crippen LogP) is 3.95. The minimum atomic E-state index is -4.59. The van der Waals surface area contributed by atoms with Gasteiger partial charge in [0.15, 0.2) is 0 Å². The van der Waals surface area contributed by atoms with Crippen LogP contribution in [0.3, 0.4) is 0 Å². The van der Waals surface area contributed by atoms with Gasteiger partial charge >= 0.3 is 6.18 Å². The van der Waals surface area contributed by atoms with Crippen LogP contribution in [0.15, 0.2) is 36.7 Å². The zero-order chi connectivity index (χ0) is 14.9. The number of aryl methyl sites for hydroxylation is 1. The van der Waals surface area contributed by atoms with Crippen molar-refractivity contribution in [3.05, 3.63) is 52.8 Å². The number of benzene rings is 1. The lowest BCUT2D eigenvalue weighted by molar-refractivity contribution is -0.137. The molecule has 1 aromatic carbocycles. The molecular weight excluding hydrogens is 293 g/mol. The summed E-state index contributed by atoms with van der Waals surface area (Å²) in [5.41, 5.74) is -1.17. The Bertz CT molecular complexity index is 649. The Kier molecular flexibility index (Phi) is 3.76. The predicted molar refractivity (Wildman–Crippen MR) is 69.8 cm³/mol. The Labute approximate surface area is 118 Å². The van der Waals surface area contributed by atoms with Gasteiger partial charge in [-0.3, -0.25) is 4.79 Å². The van der Waals surface area contributed by atoms with Gasteiger partial charge in [0.05, 0.1) is 21.8 Å². The standard InChI is InChI=1S/C13H10ClF3N2O/c1-19-6-8(9(7-19)13(15,16)17)12(20)18-11-5-3-2-4-10(11)14/h2-7H,1H3,(H,18,20). The van der Waals surface area contributed by atoms with E-state index in [1.807, 2.05) is 0 Å². The summed E-state index contributed by atoms with van der Waals surface area (Å²) in [6, 6.07) is 6.32. The topological polar surface area (TPSA) is 34.0 Å². The number of anilines is 1. The first kappa shape index (κ1) is 14.5. The quantitative estimate of drug-likeness (QED) is 0.895. The number of para-hydroxylation sites is 1. The van der Waals surface area contributed by atoms with Gasteiger partial charge in [0.2, 0.25) is 0 Å². The van der Waals surface area contributed by atoms with E-state index in [-0.39, 0.29) is 10.7 Å². The van der Waals surface area contributed by atoms with Crippen molar-refractivity contribution in [2.75, 3.05) is 5.32 Å². The summed E-state index contributed by atoms with van der Waals surface area (Å²) in [6.07, 6.45) is -2.61. The third-order valence-corrected chi connectivity index (χ3v) is 2.96. The maximum atomic E-state index is 12.8. The van der Waals surface area contributed by atoms with E-state index < -0.39 is 23.2 Å². The Hall–Kier alpha value is -1.95. The molecule has 2 rings (SSSR count). The molecule has 0 aliphatic carbocycles. The normalized spacial score (nSPS) is 11.4. The van der Waals surface area contributed by atoms with Gasteiger partial charge < -0.3 is 9.88 Å². The highest BCUT2D eigenvalue weighted by molar-refractivity contribution is 6.33. The van der Waals surface area contributed by atoms with E-state index in [1.54, 1.807) is 12.1 Å². The average molecular weight is 303 g/mol. The summed E-state index contributed by atoms with van der Waals surface area (Å²) in [6.45, 7) is 0. The number of carbonyl (C=O) groups is 1. The lowest BCUT2D eigenvalue weighted by Crippen LogP contribution is -2.17. The zero-order valence-electron chi connectivity index (χ0n) is 10.3. The van der Waals surface area contributed by atoms with Crippen LogP contribution in [0.5, 0.6) is 0 Å². The van der Waals surface area contributed by atoms with Gasteiger partial charge in [-0.15, -0.1) is 0 Å². The van der Waals surface area contributed by atoms with Crippen molar-refractivity contribution < 1.29 is 18.0 Å². The first-order chi connectivity index (χ1) is 9.29. The van der Waals surface area contributed by atoms with Gasteiger partial charge in [-0.25, -0.2) is 0 Å². The molecule has 3 nitrogen and oxygen atoms in total. The number of carbonyl (C=O) groups excluding carboxylic acids is 1. The van der Waals surface area contributed by atoms with Crippen LogP contribution in [0.4, 0.5) is 18.9 Å². The van der Waals surface area contributed by atoms with Crippen molar-refractivity contribution >= 4 is 23.2 Å². The molecule has 0 fully saturated rings. The van der Waals surface area contributed by atoms with Gasteiger partial charge in [0, 0.05) is 19.4 Å². The molecule has 0 spiro atoms. The highest BCUT2D eigenvalue weighted by Gasteiger charge is 2.36. The third-order valence-electron chi connectivity index (χ3n) is 2.63. The van der Waals surface area contributed by atoms with Crippen LogP contribution in [0.2, 0.25) is 5.02 Å². The number of nitrogens with zero attached hydrogens (tertiary/aromatic N) is 1. The van der Waals surface area contributed by atoms with Crippen LogP contribution in [0, 0.1) is 0 Å². The fourth-order valence-electron chi connectivity index (χ4n) is 1.74. The zero-order valence-corrected chi connectivity index (χ0v) is 11.1. The average Bonchev–Trinajstić information content (AvgIpc) is 2.74. The molecule has 0 aliphatic rings. The number of hydrogen-bond acceptors (Lipinski definition) is 1. The Balaban J connectivity index is 2.33. The molecule has 106 valence electrons. The molecule has 0 saturated heterocycles. The van der Waals surface area contributed by atoms with Crippen molar-refractivity contribution in [2.24, 2.45) is 7.05 Å². The molecule has 20 heavy (non-hydrogen) atoms. The fraction of sp³-hybridized carbons (Fsp3) is 0.154. The van der Waals surface area contributed by atoms with Crippen LogP contribution in [0.1, 0.15) is 15.9 Å². The van der Waals surface area contributed by atoms with Crippen molar-refractivity contribution in [2.45, 2.75) is 6.18 Å². The number of alkyl halides is 3. The summed E-state index contributed by atoms with van der Waals surface area (Å²) < 4.78 is 39.6. The van der Waals surface area contributed by atoms with Crippen molar-refractivity contribution in [3.8, 4) is 0 Å². The number of rotatable bonds is 2. The molecule has 0 radical (unpaired) electrons. The van der Waals surface area contributed by atoms with Crippen LogP contribution in [0.25, 0.3) is 0 Å². The summed E-state index contributed by atoms with van der Waals surface area (Å²) >= 11 is 5.85. The summed E-state index contributed by atoms with van der Waals surface area (Å²) in [5, 5.41) is 2.62. The summed E-state index contributed by atoms with van der Waals surface area (Å²) in [7, 11) is 1.42. The minimum Gasteiger partial charge on any atom is -0.356 e. The molecule has 0 bridgehead atoms. The smallest absolute Gasteiger partial charge is 0.356 e. The number of amides is 1. The van der Waals surface area contributed by atoms with Gasteiger partial charge in [-0.05, 0) is 12.1 Å². The van der Waals surface area contributed by atoms with Gasteiger partial charge in [0.1, 0.15) is 0 Å². The highest BCUT2D eigenvalue weighted by atomic mass is 35.5. The maximum Gasteiger partial charge on any atom is 0.418 e. The van der Waals surface area contributed by atoms with Crippen LogP contribution >= 0.6 is 11.6 Å². The summed E-state index contributed by atoms with van der Waals surface area (Å²) in [4.78, 5) is 12.0. The molecule has 0 saturated carbocycles. The van der Waals surface area contributed by atoms with Crippen LogP contribution < -0.4 is 5.32 Å². The molecule has 0 atom stereocenters. The first-order valence-corrected chi connectivity index (χ1v) is 5.96. The van der Waals surface area contributed by atoms with E-state index >= 15 is 0 Å². The molecular formula is C13H10ClF3N2O. The second-order valence-electron chi connectivity index (χ2n) is 4.18. The second kappa shape index (κ2) is 5.20. The van der Waals surface area contributed by atoms with E-state index in [9.17, 15) is 18.0 Å². The number of hydrogen-bond donors (Lipinski definition) is 1. The van der Waals surface area contributed by atoms with Crippen LogP contribution in [-0.4, -0.2) is 10.5 Å². The summed E-state index contributed by atoms with van der Waals surface area (Å²) in [5.74, 6) is -0.856. The Morgan fingerprint density at radius 3 is 2.50 bits per heavy atom. The largest absolute Gasteiger partial charge is 0.418 e. The lowest BCUT2D eigenvalue weighted by Gasteiger charge is -2.09. The fourth-order valence-corrected chi connectivity index (χ4v) is 1.93. The van der Waals surface area contributed by atoms with Crippen molar-refractivity contribution in [1.29, 1.82) is 0 Å². The molecule has 2 aromatic rings. The van der Waals surface area contributed by atoms with Gasteiger partial charge in [0.25, 0.3) is 5.91 Å². The van der Waals surface area contributed by atoms with E-state index in [0.29, 0.717) is 0 Å². The van der Waals surface area contributed by atoms with Gasteiger partial charge in [-0.1, -0.05) is 23.7 Å². The molecule has 0 unspecified atom stereocenters. The van der Waals surface area contributed by atoms with Crippen LogP contribution in [-0.2, 0) is 13.2 Å². The van der Waals surface area contributed by atoms with E-state index in [1.165, 1.54) is 23.7 Å². The van der Waals surface area contributed by atoms with E-state index in [4.69, 9.17) is 11.6 Å². The Morgan fingerprint density at radius 2 is 1.90 bits per heavy atom. The maximum absolute atomic E-state index is 12.8. The van der Waals surface area contributed by atoms with E-state index in [0.717, 1.165) is 12.4 Å². The lowest BCUT2D eigenvalue weighted by atomic mass is 10.2. The first-order valence-electron chi connectivity index (χ1n) is 5.58. The monoisotopic (exact) mass is 302 g/mol. The molecule has 1 amide bonds. The molecule has 0 aliphatic heterocycles. The van der Waals surface area contributed by atoms with Gasteiger partial charge in [-0.2, -0.15) is 13.2 Å². The third kappa shape index (κ3) is 2.96. The number of aromatic nitrogens is 1. The van der Waals surface area contributed by atoms with Crippen molar-refractivity contribution in [3.63, 3.8) is 0 Å². The minimum absolute atomic E-state index is 0.255. The molecule has 7 heteroatoms.